The van der Waals surface area contributed by atoms with E-state index in [2.05, 4.69) is 5.32 Å². The van der Waals surface area contributed by atoms with Gasteiger partial charge in [0.1, 0.15) is 5.69 Å². The third-order valence-electron chi connectivity index (χ3n) is 3.42. The molecule has 6 nitrogen and oxygen atoms in total. The van der Waals surface area contributed by atoms with E-state index in [-0.39, 0.29) is 5.69 Å². The fourth-order valence-corrected chi connectivity index (χ4v) is 2.46. The fraction of sp³-hybridized carbons (Fsp3) is 0.400. The van der Waals surface area contributed by atoms with Gasteiger partial charge in [-0.3, -0.25) is 14.9 Å². The summed E-state index contributed by atoms with van der Waals surface area (Å²) in [6, 6.07) is 7.30. The number of anilines is 1. The topological polar surface area (TPSA) is 77.2 Å². The van der Waals surface area contributed by atoms with Gasteiger partial charge in [0, 0.05) is 18.5 Å². The van der Waals surface area contributed by atoms with Crippen molar-refractivity contribution in [3.05, 3.63) is 44.7 Å². The minimum absolute atomic E-state index is 0.316. The summed E-state index contributed by atoms with van der Waals surface area (Å²) in [7, 11) is 0. The number of rotatable bonds is 6. The summed E-state index contributed by atoms with van der Waals surface area (Å²) in [6.07, 6.45) is 1.73. The summed E-state index contributed by atoms with van der Waals surface area (Å²) in [4.78, 5) is 23.3. The highest BCUT2D eigenvalue weighted by Gasteiger charge is 2.24. The molecule has 1 heterocycles. The number of pyridine rings is 1. The summed E-state index contributed by atoms with van der Waals surface area (Å²) >= 11 is 0. The molecule has 0 fully saturated rings. The maximum atomic E-state index is 12.5. The fourth-order valence-electron chi connectivity index (χ4n) is 2.46. The Kier molecular flexibility index (Phi) is 4.57. The van der Waals surface area contributed by atoms with Gasteiger partial charge in [-0.05, 0) is 19.4 Å². The van der Waals surface area contributed by atoms with Crippen LogP contribution in [0.25, 0.3) is 10.9 Å². The number of nitrogens with one attached hydrogen (secondary N) is 1. The molecule has 0 radical (unpaired) electrons. The zero-order valence-corrected chi connectivity index (χ0v) is 12.3. The number of nitro groups is 1. The highest BCUT2D eigenvalue weighted by atomic mass is 16.6. The van der Waals surface area contributed by atoms with Crippen LogP contribution in [0.1, 0.15) is 26.7 Å². The second kappa shape index (κ2) is 6.39. The third kappa shape index (κ3) is 2.74. The van der Waals surface area contributed by atoms with Crippen molar-refractivity contribution >= 4 is 22.3 Å². The van der Waals surface area contributed by atoms with Crippen LogP contribution in [-0.2, 0) is 6.54 Å². The molecular formula is C15H19N3O3. The van der Waals surface area contributed by atoms with Crippen molar-refractivity contribution in [3.8, 4) is 0 Å². The second-order valence-electron chi connectivity index (χ2n) is 4.84. The van der Waals surface area contributed by atoms with Gasteiger partial charge in [-0.15, -0.1) is 0 Å². The molecule has 0 aliphatic carbocycles. The van der Waals surface area contributed by atoms with E-state index in [1.165, 1.54) is 4.57 Å². The molecule has 0 spiro atoms. The lowest BCUT2D eigenvalue weighted by molar-refractivity contribution is -0.385. The molecule has 21 heavy (non-hydrogen) atoms. The molecule has 0 saturated heterocycles. The Balaban J connectivity index is 2.84. The number of fused-ring (bicyclic) bond motifs is 1. The zero-order chi connectivity index (χ0) is 15.4. The SMILES string of the molecule is CCCCn1c(=O)c([N+](=O)[O-])c(NCC)c2ccccc21. The third-order valence-corrected chi connectivity index (χ3v) is 3.42. The summed E-state index contributed by atoms with van der Waals surface area (Å²) in [5, 5.41) is 15.0. The number of unbranched alkanes of at least 4 members (excludes halogenated alkanes) is 1. The van der Waals surface area contributed by atoms with Crippen LogP contribution in [0.2, 0.25) is 0 Å². The Morgan fingerprint density at radius 2 is 2.00 bits per heavy atom. The second-order valence-corrected chi connectivity index (χ2v) is 4.84. The van der Waals surface area contributed by atoms with Gasteiger partial charge in [-0.2, -0.15) is 0 Å². The first-order valence-electron chi connectivity index (χ1n) is 7.15. The normalized spacial score (nSPS) is 10.8. The molecule has 6 heteroatoms. The summed E-state index contributed by atoms with van der Waals surface area (Å²) in [5.41, 5.74) is 0.142. The molecule has 0 unspecified atom stereocenters. The van der Waals surface area contributed by atoms with Crippen LogP contribution in [0.4, 0.5) is 11.4 Å². The van der Waals surface area contributed by atoms with Gasteiger partial charge < -0.3 is 9.88 Å². The zero-order valence-electron chi connectivity index (χ0n) is 12.3. The van der Waals surface area contributed by atoms with E-state index >= 15 is 0 Å². The predicted molar refractivity (Wildman–Crippen MR) is 83.9 cm³/mol. The van der Waals surface area contributed by atoms with Gasteiger partial charge in [0.25, 0.3) is 0 Å². The maximum absolute atomic E-state index is 12.5. The Bertz CT molecular complexity index is 722. The van der Waals surface area contributed by atoms with E-state index in [0.717, 1.165) is 18.4 Å². The summed E-state index contributed by atoms with van der Waals surface area (Å²) < 4.78 is 1.51. The quantitative estimate of drug-likeness (QED) is 0.654. The number of aryl methyl sites for hydroxylation is 1. The first-order valence-corrected chi connectivity index (χ1v) is 7.15. The van der Waals surface area contributed by atoms with Crippen molar-refractivity contribution in [1.29, 1.82) is 0 Å². The first-order chi connectivity index (χ1) is 10.1. The van der Waals surface area contributed by atoms with Crippen LogP contribution < -0.4 is 10.9 Å². The van der Waals surface area contributed by atoms with Crippen molar-refractivity contribution in [2.45, 2.75) is 33.2 Å². The molecule has 0 bridgehead atoms. The average molecular weight is 289 g/mol. The van der Waals surface area contributed by atoms with Crippen LogP contribution in [0.3, 0.4) is 0 Å². The smallest absolute Gasteiger partial charge is 0.357 e. The number of aromatic nitrogens is 1. The maximum Gasteiger partial charge on any atom is 0.357 e. The lowest BCUT2D eigenvalue weighted by atomic mass is 10.1. The average Bonchev–Trinajstić information content (AvgIpc) is 2.47. The number of hydrogen-bond donors (Lipinski definition) is 1. The molecule has 2 aromatic rings. The highest BCUT2D eigenvalue weighted by molar-refractivity contribution is 5.96. The Morgan fingerprint density at radius 3 is 2.62 bits per heavy atom. The van der Waals surface area contributed by atoms with E-state index in [1.54, 1.807) is 0 Å². The minimum atomic E-state index is -0.588. The molecule has 0 amide bonds. The Morgan fingerprint density at radius 1 is 1.29 bits per heavy atom. The van der Waals surface area contributed by atoms with E-state index in [0.29, 0.717) is 24.2 Å². The molecule has 0 atom stereocenters. The van der Waals surface area contributed by atoms with Crippen molar-refractivity contribution in [2.75, 3.05) is 11.9 Å². The molecule has 1 N–H and O–H groups in total. The van der Waals surface area contributed by atoms with Crippen LogP contribution in [0, 0.1) is 10.1 Å². The van der Waals surface area contributed by atoms with Crippen molar-refractivity contribution in [1.82, 2.24) is 4.57 Å². The molecule has 1 aromatic carbocycles. The van der Waals surface area contributed by atoms with Gasteiger partial charge >= 0.3 is 11.2 Å². The van der Waals surface area contributed by atoms with E-state index in [9.17, 15) is 14.9 Å². The molecular weight excluding hydrogens is 270 g/mol. The van der Waals surface area contributed by atoms with Crippen molar-refractivity contribution < 1.29 is 4.92 Å². The standard InChI is InChI=1S/C15H19N3O3/c1-3-5-10-17-12-9-7-6-8-11(12)13(16-4-2)14(15(17)19)18(20)21/h6-9,16H,3-5,10H2,1-2H3. The highest BCUT2D eigenvalue weighted by Crippen LogP contribution is 2.29. The van der Waals surface area contributed by atoms with Crippen LogP contribution in [-0.4, -0.2) is 16.0 Å². The summed E-state index contributed by atoms with van der Waals surface area (Å²) in [6.45, 7) is 4.88. The van der Waals surface area contributed by atoms with Gasteiger partial charge in [0.2, 0.25) is 0 Å². The van der Waals surface area contributed by atoms with E-state index in [1.807, 2.05) is 38.1 Å². The largest absolute Gasteiger partial charge is 0.379 e. The molecule has 0 aliphatic heterocycles. The Hall–Kier alpha value is -2.37. The van der Waals surface area contributed by atoms with Crippen LogP contribution in [0.5, 0.6) is 0 Å². The van der Waals surface area contributed by atoms with Crippen LogP contribution in [0.15, 0.2) is 29.1 Å². The monoisotopic (exact) mass is 289 g/mol. The molecule has 112 valence electrons. The lowest BCUT2D eigenvalue weighted by Gasteiger charge is -2.14. The predicted octanol–water partition coefficient (Wildman–Crippen LogP) is 3.14. The van der Waals surface area contributed by atoms with Crippen molar-refractivity contribution in [3.63, 3.8) is 0 Å². The lowest BCUT2D eigenvalue weighted by Crippen LogP contribution is -2.25. The van der Waals surface area contributed by atoms with Crippen LogP contribution >= 0.6 is 0 Å². The van der Waals surface area contributed by atoms with E-state index in [4.69, 9.17) is 0 Å². The molecule has 2 rings (SSSR count). The molecule has 1 aromatic heterocycles. The number of benzene rings is 1. The van der Waals surface area contributed by atoms with Gasteiger partial charge in [0.05, 0.1) is 10.4 Å². The summed E-state index contributed by atoms with van der Waals surface area (Å²) in [5.74, 6) is 0. The number of nitrogens with zero attached hydrogens (tertiary/aromatic N) is 2. The molecule has 0 aliphatic rings. The first kappa shape index (κ1) is 15.0. The number of para-hydroxylation sites is 1. The Labute approximate surface area is 122 Å². The minimum Gasteiger partial charge on any atom is -0.379 e. The number of hydrogen-bond acceptors (Lipinski definition) is 4. The van der Waals surface area contributed by atoms with Gasteiger partial charge in [-0.1, -0.05) is 31.5 Å². The van der Waals surface area contributed by atoms with Crippen molar-refractivity contribution in [2.24, 2.45) is 0 Å². The van der Waals surface area contributed by atoms with E-state index < -0.39 is 10.5 Å². The van der Waals surface area contributed by atoms with Gasteiger partial charge in [0.15, 0.2) is 0 Å². The van der Waals surface area contributed by atoms with Gasteiger partial charge in [-0.25, -0.2) is 0 Å². The molecule has 0 saturated carbocycles.